The molecule has 0 spiro atoms. The lowest BCUT2D eigenvalue weighted by Gasteiger charge is -2.35. The molecule has 3 heterocycles. The highest BCUT2D eigenvalue weighted by Gasteiger charge is 2.41. The van der Waals surface area contributed by atoms with Crippen LogP contribution in [0.1, 0.15) is 17.7 Å². The number of rotatable bonds is 1. The molecule has 0 radical (unpaired) electrons. The number of primary amides is 1. The van der Waals surface area contributed by atoms with E-state index in [4.69, 9.17) is 5.73 Å². The Morgan fingerprint density at radius 3 is 2.77 bits per heavy atom. The second-order valence-corrected chi connectivity index (χ2v) is 6.48. The van der Waals surface area contributed by atoms with Crippen LogP contribution in [0.25, 0.3) is 11.4 Å². The average Bonchev–Trinajstić information content (AvgIpc) is 2.97. The fourth-order valence-electron chi connectivity index (χ4n) is 3.67. The number of carbonyl (C=O) groups is 1. The summed E-state index contributed by atoms with van der Waals surface area (Å²) in [5.74, 6) is 0.507. The lowest BCUT2D eigenvalue weighted by Crippen LogP contribution is -2.49. The first kappa shape index (κ1) is 16.6. The Balaban J connectivity index is 1.87. The molecule has 6 nitrogen and oxygen atoms in total. The van der Waals surface area contributed by atoms with Crippen LogP contribution in [0.4, 0.5) is 29.5 Å². The minimum atomic E-state index is -4.46. The summed E-state index contributed by atoms with van der Waals surface area (Å²) in [4.78, 5) is 24.3. The number of urea groups is 1. The average molecular weight is 363 g/mol. The van der Waals surface area contributed by atoms with Crippen molar-refractivity contribution in [1.82, 2.24) is 9.97 Å². The monoisotopic (exact) mass is 363 g/mol. The van der Waals surface area contributed by atoms with Crippen molar-refractivity contribution in [2.45, 2.75) is 25.6 Å². The van der Waals surface area contributed by atoms with Crippen molar-refractivity contribution in [3.8, 4) is 11.4 Å². The molecule has 4 rings (SSSR count). The first-order valence-electron chi connectivity index (χ1n) is 8.15. The maximum absolute atomic E-state index is 13.0. The number of alkyl halides is 3. The van der Waals surface area contributed by atoms with Gasteiger partial charge in [-0.25, -0.2) is 14.8 Å². The van der Waals surface area contributed by atoms with Gasteiger partial charge in [0.1, 0.15) is 5.69 Å². The summed E-state index contributed by atoms with van der Waals surface area (Å²) < 4.78 is 39.0. The molecule has 1 aromatic carbocycles. The maximum atomic E-state index is 13.0. The maximum Gasteiger partial charge on any atom is 0.416 e. The molecule has 0 aliphatic carbocycles. The molecule has 2 aliphatic rings. The zero-order chi connectivity index (χ0) is 18.6. The van der Waals surface area contributed by atoms with Gasteiger partial charge in [-0.2, -0.15) is 13.2 Å². The van der Waals surface area contributed by atoms with Gasteiger partial charge in [0.25, 0.3) is 0 Å². The van der Waals surface area contributed by atoms with E-state index in [0.29, 0.717) is 23.7 Å². The SMILES string of the molecule is Cc1nc(-c2cccc(C(F)(F)F)c2)nc2c1N1CCC(C1)N2C(N)=O. The topological polar surface area (TPSA) is 75.3 Å². The standard InChI is InChI=1S/C17H16F3N5O/c1-9-13-15(25(16(21)26)12-5-6-24(13)8-12)23-14(22-9)10-3-2-4-11(7-10)17(18,19)20/h2-4,7,12H,5-6,8H2,1H3,(H2,21,26). The van der Waals surface area contributed by atoms with Crippen LogP contribution < -0.4 is 15.5 Å². The number of hydrogen-bond acceptors (Lipinski definition) is 4. The van der Waals surface area contributed by atoms with Gasteiger partial charge in [0.2, 0.25) is 0 Å². The minimum Gasteiger partial charge on any atom is -0.365 e. The third kappa shape index (κ3) is 2.54. The molecular formula is C17H16F3N5O. The van der Waals surface area contributed by atoms with E-state index in [1.54, 1.807) is 6.92 Å². The molecule has 2 amide bonds. The Morgan fingerprint density at radius 1 is 1.31 bits per heavy atom. The predicted octanol–water partition coefficient (Wildman–Crippen LogP) is 2.95. The zero-order valence-electron chi connectivity index (χ0n) is 13.9. The van der Waals surface area contributed by atoms with Gasteiger partial charge in [-0.15, -0.1) is 0 Å². The fourth-order valence-corrected chi connectivity index (χ4v) is 3.67. The molecular weight excluding hydrogens is 347 g/mol. The third-order valence-electron chi connectivity index (χ3n) is 4.80. The third-order valence-corrected chi connectivity index (χ3v) is 4.80. The van der Waals surface area contributed by atoms with Crippen molar-refractivity contribution >= 4 is 17.5 Å². The molecule has 1 atom stereocenters. The van der Waals surface area contributed by atoms with Crippen LogP contribution in [0.2, 0.25) is 0 Å². The zero-order valence-corrected chi connectivity index (χ0v) is 13.9. The van der Waals surface area contributed by atoms with Gasteiger partial charge in [0.05, 0.1) is 17.3 Å². The molecule has 2 bridgehead atoms. The Labute approximate surface area is 147 Å². The van der Waals surface area contributed by atoms with Gasteiger partial charge in [-0.3, -0.25) is 4.90 Å². The Bertz CT molecular complexity index is 898. The molecule has 1 fully saturated rings. The summed E-state index contributed by atoms with van der Waals surface area (Å²) in [5.41, 5.74) is 6.33. The summed E-state index contributed by atoms with van der Waals surface area (Å²) in [5, 5.41) is 0. The first-order valence-corrected chi connectivity index (χ1v) is 8.15. The predicted molar refractivity (Wildman–Crippen MR) is 89.9 cm³/mol. The van der Waals surface area contributed by atoms with E-state index < -0.39 is 17.8 Å². The minimum absolute atomic E-state index is 0.0799. The molecule has 2 aromatic rings. The Hall–Kier alpha value is -2.84. The quantitative estimate of drug-likeness (QED) is 0.845. The number of fused-ring (bicyclic) bond motifs is 4. The smallest absolute Gasteiger partial charge is 0.365 e. The molecule has 0 saturated carbocycles. The molecule has 1 aromatic heterocycles. The van der Waals surface area contributed by atoms with E-state index in [-0.39, 0.29) is 17.4 Å². The lowest BCUT2D eigenvalue weighted by molar-refractivity contribution is -0.137. The van der Waals surface area contributed by atoms with Gasteiger partial charge in [0, 0.05) is 18.7 Å². The van der Waals surface area contributed by atoms with Crippen LogP contribution in [0.5, 0.6) is 0 Å². The number of nitrogens with two attached hydrogens (primary N) is 1. The van der Waals surface area contributed by atoms with E-state index >= 15 is 0 Å². The van der Waals surface area contributed by atoms with Crippen molar-refractivity contribution < 1.29 is 18.0 Å². The second kappa shape index (κ2) is 5.58. The van der Waals surface area contributed by atoms with Gasteiger partial charge < -0.3 is 10.6 Å². The summed E-state index contributed by atoms with van der Waals surface area (Å²) >= 11 is 0. The van der Waals surface area contributed by atoms with Crippen molar-refractivity contribution in [1.29, 1.82) is 0 Å². The highest BCUT2D eigenvalue weighted by molar-refractivity contribution is 5.96. The van der Waals surface area contributed by atoms with Crippen LogP contribution in [0, 0.1) is 6.92 Å². The van der Waals surface area contributed by atoms with Crippen LogP contribution in [-0.2, 0) is 6.18 Å². The number of anilines is 2. The molecule has 26 heavy (non-hydrogen) atoms. The second-order valence-electron chi connectivity index (χ2n) is 6.48. The van der Waals surface area contributed by atoms with Crippen LogP contribution in [0.15, 0.2) is 24.3 Å². The van der Waals surface area contributed by atoms with Crippen LogP contribution in [-0.4, -0.2) is 35.1 Å². The Morgan fingerprint density at radius 2 is 2.08 bits per heavy atom. The summed E-state index contributed by atoms with van der Waals surface area (Å²) in [6, 6.07) is 4.14. The summed E-state index contributed by atoms with van der Waals surface area (Å²) in [6.45, 7) is 3.17. The van der Waals surface area contributed by atoms with Gasteiger partial charge in [0.15, 0.2) is 11.6 Å². The normalized spacial score (nSPS) is 18.8. The number of halogens is 3. The largest absolute Gasteiger partial charge is 0.416 e. The van der Waals surface area contributed by atoms with Crippen LogP contribution in [0.3, 0.4) is 0 Å². The van der Waals surface area contributed by atoms with E-state index in [1.165, 1.54) is 17.0 Å². The number of nitrogens with zero attached hydrogens (tertiary/aromatic N) is 4. The van der Waals surface area contributed by atoms with Crippen LogP contribution >= 0.6 is 0 Å². The van der Waals surface area contributed by atoms with Crippen molar-refractivity contribution in [2.75, 3.05) is 22.9 Å². The molecule has 136 valence electrons. The molecule has 2 N–H and O–H groups in total. The van der Waals surface area contributed by atoms with Crippen molar-refractivity contribution in [3.63, 3.8) is 0 Å². The molecule has 1 saturated heterocycles. The number of amides is 2. The van der Waals surface area contributed by atoms with E-state index in [9.17, 15) is 18.0 Å². The van der Waals surface area contributed by atoms with E-state index in [2.05, 4.69) is 14.9 Å². The number of benzene rings is 1. The number of aryl methyl sites for hydroxylation is 1. The Kier molecular flexibility index (Phi) is 3.57. The fraction of sp³-hybridized carbons (Fsp3) is 0.353. The van der Waals surface area contributed by atoms with E-state index in [0.717, 1.165) is 25.1 Å². The van der Waals surface area contributed by atoms with Gasteiger partial charge >= 0.3 is 12.2 Å². The number of hydrogen-bond donors (Lipinski definition) is 1. The highest BCUT2D eigenvalue weighted by atomic mass is 19.4. The lowest BCUT2D eigenvalue weighted by atomic mass is 10.1. The van der Waals surface area contributed by atoms with Crippen molar-refractivity contribution in [3.05, 3.63) is 35.5 Å². The first-order chi connectivity index (χ1) is 12.3. The number of carbonyl (C=O) groups excluding carboxylic acids is 1. The summed E-state index contributed by atoms with van der Waals surface area (Å²) in [7, 11) is 0. The molecule has 1 unspecified atom stereocenters. The molecule has 2 aliphatic heterocycles. The van der Waals surface area contributed by atoms with E-state index in [1.807, 2.05) is 0 Å². The van der Waals surface area contributed by atoms with Gasteiger partial charge in [-0.1, -0.05) is 12.1 Å². The highest BCUT2D eigenvalue weighted by Crippen LogP contribution is 2.41. The molecule has 9 heteroatoms. The van der Waals surface area contributed by atoms with Gasteiger partial charge in [-0.05, 0) is 25.5 Å². The number of aromatic nitrogens is 2. The summed E-state index contributed by atoms with van der Waals surface area (Å²) in [6.07, 6.45) is -3.69. The van der Waals surface area contributed by atoms with Crippen molar-refractivity contribution in [2.24, 2.45) is 5.73 Å².